The Morgan fingerprint density at radius 1 is 1.25 bits per heavy atom. The van der Waals surface area contributed by atoms with Gasteiger partial charge in [0.2, 0.25) is 0 Å². The predicted molar refractivity (Wildman–Crippen MR) is 75.1 cm³/mol. The van der Waals surface area contributed by atoms with Crippen LogP contribution in [-0.4, -0.2) is 18.6 Å². The lowest BCUT2D eigenvalue weighted by atomic mass is 10.0. The van der Waals surface area contributed by atoms with E-state index in [2.05, 4.69) is 48.8 Å². The Balaban J connectivity index is 2.49. The minimum atomic E-state index is 0.535. The molecule has 90 valence electrons. The average Bonchev–Trinajstić information content (AvgIpc) is 2.35. The monoisotopic (exact) mass is 237 g/mol. The van der Waals surface area contributed by atoms with Crippen molar-refractivity contribution in [3.05, 3.63) is 35.9 Å². The van der Waals surface area contributed by atoms with Crippen LogP contribution in [0.25, 0.3) is 0 Å². The number of hydrogen-bond acceptors (Lipinski definition) is 2. The fourth-order valence-corrected chi connectivity index (χ4v) is 2.14. The number of rotatable bonds is 8. The summed E-state index contributed by atoms with van der Waals surface area (Å²) in [5, 5.41) is 3.65. The Bertz CT molecular complexity index is 261. The summed E-state index contributed by atoms with van der Waals surface area (Å²) in [6.07, 6.45) is 5.97. The maximum Gasteiger partial charge on any atom is 0.0320 e. The molecular formula is C14H23NS. The largest absolute Gasteiger partial charge is 0.309 e. The van der Waals surface area contributed by atoms with Gasteiger partial charge in [0.1, 0.15) is 0 Å². The first-order valence-corrected chi connectivity index (χ1v) is 7.55. The van der Waals surface area contributed by atoms with Gasteiger partial charge >= 0.3 is 0 Å². The van der Waals surface area contributed by atoms with Gasteiger partial charge in [0.15, 0.2) is 0 Å². The summed E-state index contributed by atoms with van der Waals surface area (Å²) < 4.78 is 0. The number of benzene rings is 1. The fraction of sp³-hybridized carbons (Fsp3) is 0.571. The van der Waals surface area contributed by atoms with Gasteiger partial charge in [-0.25, -0.2) is 0 Å². The van der Waals surface area contributed by atoms with Crippen molar-refractivity contribution < 1.29 is 0 Å². The maximum atomic E-state index is 3.65. The molecule has 0 aliphatic rings. The Hall–Kier alpha value is -0.470. The van der Waals surface area contributed by atoms with Crippen LogP contribution in [0, 0.1) is 0 Å². The van der Waals surface area contributed by atoms with E-state index in [4.69, 9.17) is 0 Å². The van der Waals surface area contributed by atoms with E-state index in [1.54, 1.807) is 0 Å². The number of nitrogens with one attached hydrogen (secondary N) is 1. The van der Waals surface area contributed by atoms with E-state index in [0.717, 1.165) is 6.54 Å². The molecule has 0 heterocycles. The minimum absolute atomic E-state index is 0.535. The molecule has 0 aliphatic heterocycles. The highest BCUT2D eigenvalue weighted by Crippen LogP contribution is 2.18. The summed E-state index contributed by atoms with van der Waals surface area (Å²) in [6.45, 7) is 3.36. The van der Waals surface area contributed by atoms with Gasteiger partial charge in [-0.1, -0.05) is 50.1 Å². The summed E-state index contributed by atoms with van der Waals surface area (Å²) in [7, 11) is 0. The molecule has 0 radical (unpaired) electrons. The summed E-state index contributed by atoms with van der Waals surface area (Å²) >= 11 is 1.90. The quantitative estimate of drug-likeness (QED) is 0.689. The van der Waals surface area contributed by atoms with Crippen molar-refractivity contribution in [3.8, 4) is 0 Å². The highest BCUT2D eigenvalue weighted by atomic mass is 32.2. The van der Waals surface area contributed by atoms with Gasteiger partial charge in [-0.15, -0.1) is 0 Å². The summed E-state index contributed by atoms with van der Waals surface area (Å²) in [5.41, 5.74) is 1.43. The molecule has 1 unspecified atom stereocenters. The van der Waals surface area contributed by atoms with Gasteiger partial charge in [-0.2, -0.15) is 11.8 Å². The molecule has 0 fully saturated rings. The van der Waals surface area contributed by atoms with Crippen LogP contribution < -0.4 is 5.32 Å². The Morgan fingerprint density at radius 3 is 2.62 bits per heavy atom. The first-order valence-electron chi connectivity index (χ1n) is 6.15. The molecule has 1 nitrogen and oxygen atoms in total. The van der Waals surface area contributed by atoms with Crippen LogP contribution in [0.5, 0.6) is 0 Å². The standard InChI is InChI=1S/C14H23NS/c1-3-4-10-14(15-11-12-16-2)13-8-6-5-7-9-13/h5-9,14-15H,3-4,10-12H2,1-2H3. The normalized spacial score (nSPS) is 12.6. The molecule has 1 N–H and O–H groups in total. The molecule has 16 heavy (non-hydrogen) atoms. The van der Waals surface area contributed by atoms with Crippen molar-refractivity contribution in [2.75, 3.05) is 18.6 Å². The third-order valence-corrected chi connectivity index (χ3v) is 3.36. The highest BCUT2D eigenvalue weighted by Gasteiger charge is 2.08. The van der Waals surface area contributed by atoms with Crippen molar-refractivity contribution >= 4 is 11.8 Å². The Labute approximate surface area is 104 Å². The van der Waals surface area contributed by atoms with E-state index >= 15 is 0 Å². The SMILES string of the molecule is CCCCC(NCCSC)c1ccccc1. The molecular weight excluding hydrogens is 214 g/mol. The molecule has 1 atom stereocenters. The van der Waals surface area contributed by atoms with Crippen molar-refractivity contribution in [1.82, 2.24) is 5.32 Å². The van der Waals surface area contributed by atoms with Gasteiger partial charge in [0, 0.05) is 18.3 Å². The van der Waals surface area contributed by atoms with Crippen molar-refractivity contribution in [2.24, 2.45) is 0 Å². The van der Waals surface area contributed by atoms with E-state index in [0.29, 0.717) is 6.04 Å². The van der Waals surface area contributed by atoms with Crippen LogP contribution in [0.4, 0.5) is 0 Å². The topological polar surface area (TPSA) is 12.0 Å². The highest BCUT2D eigenvalue weighted by molar-refractivity contribution is 7.98. The van der Waals surface area contributed by atoms with Gasteiger partial charge < -0.3 is 5.32 Å². The predicted octanol–water partition coefficient (Wildman–Crippen LogP) is 3.87. The maximum absolute atomic E-state index is 3.65. The molecule has 0 spiro atoms. The van der Waals surface area contributed by atoms with Gasteiger partial charge in [0.05, 0.1) is 0 Å². The second kappa shape index (κ2) is 8.66. The summed E-state index contributed by atoms with van der Waals surface area (Å²) in [5.74, 6) is 1.19. The zero-order valence-electron chi connectivity index (χ0n) is 10.4. The van der Waals surface area contributed by atoms with E-state index < -0.39 is 0 Å². The minimum Gasteiger partial charge on any atom is -0.309 e. The molecule has 0 bridgehead atoms. The molecule has 0 aromatic heterocycles. The van der Waals surface area contributed by atoms with Gasteiger partial charge in [-0.3, -0.25) is 0 Å². The first-order chi connectivity index (χ1) is 7.88. The van der Waals surface area contributed by atoms with Crippen LogP contribution >= 0.6 is 11.8 Å². The summed E-state index contributed by atoms with van der Waals surface area (Å²) in [4.78, 5) is 0. The average molecular weight is 237 g/mol. The Morgan fingerprint density at radius 2 is 2.00 bits per heavy atom. The Kier molecular flexibility index (Phi) is 7.35. The zero-order valence-corrected chi connectivity index (χ0v) is 11.2. The van der Waals surface area contributed by atoms with Crippen LogP contribution in [0.1, 0.15) is 37.8 Å². The number of thioether (sulfide) groups is 1. The molecule has 2 heteroatoms. The first kappa shape index (κ1) is 13.6. The molecule has 1 aromatic rings. The molecule has 1 aromatic carbocycles. The van der Waals surface area contributed by atoms with E-state index in [1.165, 1.54) is 30.6 Å². The zero-order chi connectivity index (χ0) is 11.6. The molecule has 0 aliphatic carbocycles. The lowest BCUT2D eigenvalue weighted by Crippen LogP contribution is -2.23. The van der Waals surface area contributed by atoms with E-state index in [1.807, 2.05) is 11.8 Å². The molecule has 1 rings (SSSR count). The van der Waals surface area contributed by atoms with E-state index in [-0.39, 0.29) is 0 Å². The number of hydrogen-bond donors (Lipinski definition) is 1. The van der Waals surface area contributed by atoms with Crippen LogP contribution in [0.3, 0.4) is 0 Å². The van der Waals surface area contributed by atoms with Gasteiger partial charge in [0.25, 0.3) is 0 Å². The molecule has 0 saturated carbocycles. The fourth-order valence-electron chi connectivity index (χ4n) is 1.82. The lowest BCUT2D eigenvalue weighted by Gasteiger charge is -2.18. The third kappa shape index (κ3) is 5.04. The molecule has 0 amide bonds. The van der Waals surface area contributed by atoms with Crippen molar-refractivity contribution in [1.29, 1.82) is 0 Å². The second-order valence-electron chi connectivity index (χ2n) is 4.05. The summed E-state index contributed by atoms with van der Waals surface area (Å²) in [6, 6.07) is 11.3. The second-order valence-corrected chi connectivity index (χ2v) is 5.04. The van der Waals surface area contributed by atoms with E-state index in [9.17, 15) is 0 Å². The van der Waals surface area contributed by atoms with Crippen LogP contribution in [0.2, 0.25) is 0 Å². The van der Waals surface area contributed by atoms with Gasteiger partial charge in [-0.05, 0) is 18.2 Å². The van der Waals surface area contributed by atoms with Crippen molar-refractivity contribution in [2.45, 2.75) is 32.2 Å². The van der Waals surface area contributed by atoms with Crippen LogP contribution in [-0.2, 0) is 0 Å². The smallest absolute Gasteiger partial charge is 0.0320 e. The van der Waals surface area contributed by atoms with Crippen LogP contribution in [0.15, 0.2) is 30.3 Å². The third-order valence-electron chi connectivity index (χ3n) is 2.75. The number of unbranched alkanes of at least 4 members (excludes halogenated alkanes) is 1. The molecule has 0 saturated heterocycles. The van der Waals surface area contributed by atoms with Crippen molar-refractivity contribution in [3.63, 3.8) is 0 Å². The lowest BCUT2D eigenvalue weighted by molar-refractivity contribution is 0.496.